The third kappa shape index (κ3) is 3.11. The van der Waals surface area contributed by atoms with Crippen LogP contribution < -0.4 is 0 Å². The molecule has 0 aromatic carbocycles. The highest BCUT2D eigenvalue weighted by Crippen LogP contribution is 2.42. The Labute approximate surface area is 111 Å². The smallest absolute Gasteiger partial charge is 0.130 e. The van der Waals surface area contributed by atoms with E-state index in [1.165, 1.54) is 11.1 Å². The highest BCUT2D eigenvalue weighted by Gasteiger charge is 2.36. The molecular weight excluding hydrogens is 224 g/mol. The van der Waals surface area contributed by atoms with Gasteiger partial charge in [-0.15, -0.1) is 0 Å². The van der Waals surface area contributed by atoms with Crippen molar-refractivity contribution in [2.45, 2.75) is 47.6 Å². The van der Waals surface area contributed by atoms with Gasteiger partial charge in [-0.25, -0.2) is 0 Å². The second-order valence-electron chi connectivity index (χ2n) is 7.07. The molecule has 0 aromatic heterocycles. The zero-order chi connectivity index (χ0) is 14.1. The lowest BCUT2D eigenvalue weighted by atomic mass is 9.70. The molecule has 0 radical (unpaired) electrons. The Balaban J connectivity index is 3.29. The molecule has 1 aliphatic rings. The van der Waals surface area contributed by atoms with E-state index in [4.69, 9.17) is 4.74 Å². The van der Waals surface area contributed by atoms with Crippen LogP contribution in [0.25, 0.3) is 0 Å². The van der Waals surface area contributed by atoms with Gasteiger partial charge in [-0.1, -0.05) is 53.7 Å². The summed E-state index contributed by atoms with van der Waals surface area (Å²) in [7, 11) is 1.74. The van der Waals surface area contributed by atoms with E-state index < -0.39 is 0 Å². The van der Waals surface area contributed by atoms with Crippen LogP contribution in [0, 0.1) is 16.7 Å². The first-order valence-electron chi connectivity index (χ1n) is 6.53. The molecule has 0 amide bonds. The number of ether oxygens (including phenoxy) is 1. The van der Waals surface area contributed by atoms with Gasteiger partial charge in [0.05, 0.1) is 5.92 Å². The van der Waals surface area contributed by atoms with Crippen molar-refractivity contribution in [2.24, 2.45) is 16.7 Å². The van der Waals surface area contributed by atoms with Crippen molar-refractivity contribution in [3.05, 3.63) is 23.3 Å². The molecule has 2 nitrogen and oxygen atoms in total. The normalized spacial score (nSPS) is 25.5. The largest absolute Gasteiger partial charge is 0.373 e. The maximum Gasteiger partial charge on any atom is 0.130 e. The van der Waals surface area contributed by atoms with E-state index in [2.05, 4.69) is 53.7 Å². The molecule has 0 bridgehead atoms. The number of methoxy groups -OCH3 is 1. The zero-order valence-corrected chi connectivity index (χ0v) is 12.7. The summed E-state index contributed by atoms with van der Waals surface area (Å²) < 4.78 is 5.71. The van der Waals surface area contributed by atoms with E-state index in [-0.39, 0.29) is 22.9 Å². The summed E-state index contributed by atoms with van der Waals surface area (Å²) in [6.07, 6.45) is 5.09. The summed E-state index contributed by atoms with van der Waals surface area (Å²) >= 11 is 0. The molecule has 0 aromatic rings. The van der Waals surface area contributed by atoms with Crippen molar-refractivity contribution in [3.63, 3.8) is 0 Å². The van der Waals surface area contributed by atoms with Crippen molar-refractivity contribution >= 4 is 6.29 Å². The van der Waals surface area contributed by atoms with Crippen LogP contribution in [0.1, 0.15) is 41.5 Å². The van der Waals surface area contributed by atoms with Crippen molar-refractivity contribution in [3.8, 4) is 0 Å². The summed E-state index contributed by atoms with van der Waals surface area (Å²) in [5.41, 5.74) is 2.42. The van der Waals surface area contributed by atoms with E-state index in [9.17, 15) is 4.79 Å². The molecule has 18 heavy (non-hydrogen) atoms. The van der Waals surface area contributed by atoms with Crippen LogP contribution in [0.5, 0.6) is 0 Å². The summed E-state index contributed by atoms with van der Waals surface area (Å²) in [5.74, 6) is -0.125. The average Bonchev–Trinajstić information content (AvgIpc) is 2.24. The van der Waals surface area contributed by atoms with Crippen molar-refractivity contribution in [1.82, 2.24) is 0 Å². The Hall–Kier alpha value is -0.890. The van der Waals surface area contributed by atoms with Gasteiger partial charge in [-0.3, -0.25) is 0 Å². The minimum absolute atomic E-state index is 0.00664. The molecule has 0 atom stereocenters. The summed E-state index contributed by atoms with van der Waals surface area (Å²) in [4.78, 5) is 11.2. The quantitative estimate of drug-likeness (QED) is 0.551. The fourth-order valence-electron chi connectivity index (χ4n) is 2.42. The van der Waals surface area contributed by atoms with Gasteiger partial charge in [0.2, 0.25) is 0 Å². The highest BCUT2D eigenvalue weighted by molar-refractivity contribution is 5.63. The molecule has 0 N–H and O–H groups in total. The third-order valence-electron chi connectivity index (χ3n) is 3.43. The van der Waals surface area contributed by atoms with Crippen LogP contribution in [0.15, 0.2) is 23.3 Å². The molecular formula is C16H26O2. The Morgan fingerprint density at radius 3 is 1.61 bits per heavy atom. The predicted octanol–water partition coefficient (Wildman–Crippen LogP) is 3.78. The zero-order valence-electron chi connectivity index (χ0n) is 12.7. The van der Waals surface area contributed by atoms with Gasteiger partial charge in [0, 0.05) is 7.11 Å². The monoisotopic (exact) mass is 250 g/mol. The van der Waals surface area contributed by atoms with Crippen molar-refractivity contribution in [2.75, 3.05) is 7.11 Å². The molecule has 0 spiro atoms. The third-order valence-corrected chi connectivity index (χ3v) is 3.43. The Kier molecular flexibility index (Phi) is 4.22. The van der Waals surface area contributed by atoms with Crippen LogP contribution in [-0.4, -0.2) is 19.5 Å². The highest BCUT2D eigenvalue weighted by atomic mass is 16.5. The lowest BCUT2D eigenvalue weighted by molar-refractivity contribution is -0.109. The molecule has 1 aliphatic carbocycles. The first-order valence-corrected chi connectivity index (χ1v) is 6.53. The summed E-state index contributed by atoms with van der Waals surface area (Å²) in [6, 6.07) is 0. The second-order valence-corrected chi connectivity index (χ2v) is 7.07. The number of carbonyl (C=O) groups is 1. The minimum atomic E-state index is -0.125. The first kappa shape index (κ1) is 15.2. The lowest BCUT2D eigenvalue weighted by Gasteiger charge is -2.39. The number of hydrogen-bond acceptors (Lipinski definition) is 2. The Morgan fingerprint density at radius 2 is 1.39 bits per heavy atom. The van der Waals surface area contributed by atoms with Crippen molar-refractivity contribution < 1.29 is 9.53 Å². The minimum Gasteiger partial charge on any atom is -0.373 e. The number of hydrogen-bond donors (Lipinski definition) is 0. The van der Waals surface area contributed by atoms with Gasteiger partial charge in [0.1, 0.15) is 12.4 Å². The maximum absolute atomic E-state index is 11.2. The summed E-state index contributed by atoms with van der Waals surface area (Å²) in [6.45, 7) is 13.0. The van der Waals surface area contributed by atoms with E-state index in [0.29, 0.717) is 0 Å². The van der Waals surface area contributed by atoms with Gasteiger partial charge < -0.3 is 9.53 Å². The summed E-state index contributed by atoms with van der Waals surface area (Å²) in [5, 5.41) is 0. The molecule has 0 saturated heterocycles. The van der Waals surface area contributed by atoms with E-state index in [1.807, 2.05) is 0 Å². The van der Waals surface area contributed by atoms with Gasteiger partial charge in [-0.05, 0) is 22.0 Å². The fraction of sp³-hybridized carbons (Fsp3) is 0.688. The number of rotatable bonds is 2. The van der Waals surface area contributed by atoms with E-state index >= 15 is 0 Å². The molecule has 0 saturated carbocycles. The Morgan fingerprint density at radius 1 is 1.00 bits per heavy atom. The Bertz CT molecular complexity index is 343. The van der Waals surface area contributed by atoms with Gasteiger partial charge in [-0.2, -0.15) is 0 Å². The van der Waals surface area contributed by atoms with Gasteiger partial charge in [0.15, 0.2) is 0 Å². The van der Waals surface area contributed by atoms with Crippen LogP contribution in [0.3, 0.4) is 0 Å². The molecule has 0 fully saturated rings. The lowest BCUT2D eigenvalue weighted by Crippen LogP contribution is -2.34. The van der Waals surface area contributed by atoms with E-state index in [1.54, 1.807) is 7.11 Å². The number of carbonyl (C=O) groups excluding carboxylic acids is 1. The number of allylic oxidation sites excluding steroid dienone is 2. The molecule has 0 unspecified atom stereocenters. The fourth-order valence-corrected chi connectivity index (χ4v) is 2.42. The first-order chi connectivity index (χ1) is 8.11. The molecule has 2 heteroatoms. The number of aldehydes is 1. The van der Waals surface area contributed by atoms with Crippen LogP contribution in [-0.2, 0) is 9.53 Å². The molecule has 1 rings (SSSR count). The standard InChI is InChI=1S/C16H26O2/c1-15(2,3)12-8-11(10-17)9-13(14(12)18-7)16(4,5)6/h8-11,14H,1-7H3. The molecule has 102 valence electrons. The second kappa shape index (κ2) is 5.00. The average molecular weight is 250 g/mol. The maximum atomic E-state index is 11.2. The topological polar surface area (TPSA) is 26.3 Å². The van der Waals surface area contributed by atoms with Crippen molar-refractivity contribution in [1.29, 1.82) is 0 Å². The molecule has 0 heterocycles. The van der Waals surface area contributed by atoms with Gasteiger partial charge in [0.25, 0.3) is 0 Å². The van der Waals surface area contributed by atoms with Crippen LogP contribution in [0.2, 0.25) is 0 Å². The SMILES string of the molecule is COC1C(C(C)(C)C)=CC(C=O)C=C1C(C)(C)C. The molecule has 0 aliphatic heterocycles. The predicted molar refractivity (Wildman–Crippen MR) is 75.4 cm³/mol. The van der Waals surface area contributed by atoms with Crippen LogP contribution in [0.4, 0.5) is 0 Å². The van der Waals surface area contributed by atoms with Gasteiger partial charge >= 0.3 is 0 Å². The van der Waals surface area contributed by atoms with E-state index in [0.717, 1.165) is 6.29 Å². The van der Waals surface area contributed by atoms with Crippen LogP contribution >= 0.6 is 0 Å².